The summed E-state index contributed by atoms with van der Waals surface area (Å²) in [6.07, 6.45) is 4.60. The number of hydrogen-bond donors (Lipinski definition) is 2. The van der Waals surface area contributed by atoms with E-state index >= 15 is 0 Å². The van der Waals surface area contributed by atoms with Gasteiger partial charge in [-0.2, -0.15) is 5.10 Å². The van der Waals surface area contributed by atoms with Crippen molar-refractivity contribution in [2.24, 2.45) is 5.10 Å². The topological polar surface area (TPSA) is 100 Å². The Balaban J connectivity index is 1.39. The Bertz CT molecular complexity index is 1280. The Morgan fingerprint density at radius 3 is 2.44 bits per heavy atom. The number of rotatable bonds is 7. The van der Waals surface area contributed by atoms with E-state index in [0.717, 1.165) is 30.0 Å². The fourth-order valence-electron chi connectivity index (χ4n) is 4.65. The maximum absolute atomic E-state index is 12.8. The smallest absolute Gasteiger partial charge is 0.275 e. The number of fused-ring (bicyclic) bond motifs is 1. The zero-order chi connectivity index (χ0) is 25.7. The first-order valence-electron chi connectivity index (χ1n) is 12.0. The van der Waals surface area contributed by atoms with E-state index < -0.39 is 5.91 Å². The van der Waals surface area contributed by atoms with Crippen LogP contribution in [0.2, 0.25) is 0 Å². The van der Waals surface area contributed by atoms with Gasteiger partial charge >= 0.3 is 0 Å². The molecule has 36 heavy (non-hydrogen) atoms. The molecule has 2 atom stereocenters. The lowest BCUT2D eigenvalue weighted by molar-refractivity contribution is -0.139. The van der Waals surface area contributed by atoms with Crippen LogP contribution in [0.5, 0.6) is 17.2 Å². The van der Waals surface area contributed by atoms with Crippen molar-refractivity contribution in [3.8, 4) is 17.2 Å². The van der Waals surface area contributed by atoms with Gasteiger partial charge in [-0.3, -0.25) is 9.59 Å². The minimum Gasteiger partial charge on any atom is -0.507 e. The highest BCUT2D eigenvalue weighted by atomic mass is 16.5. The number of ether oxygens (including phenoxy) is 2. The van der Waals surface area contributed by atoms with E-state index in [1.54, 1.807) is 30.3 Å². The third-order valence-electron chi connectivity index (χ3n) is 6.51. The number of piperidine rings is 1. The van der Waals surface area contributed by atoms with Crippen molar-refractivity contribution in [3.63, 3.8) is 0 Å². The van der Waals surface area contributed by atoms with Crippen LogP contribution in [0.15, 0.2) is 59.7 Å². The second-order valence-electron chi connectivity index (χ2n) is 9.04. The summed E-state index contributed by atoms with van der Waals surface area (Å²) in [5.74, 6) is 0.214. The molecule has 1 heterocycles. The molecule has 0 unspecified atom stereocenters. The van der Waals surface area contributed by atoms with E-state index in [0.29, 0.717) is 17.1 Å². The molecule has 4 rings (SSSR count). The number of amides is 2. The van der Waals surface area contributed by atoms with Gasteiger partial charge in [0.2, 0.25) is 0 Å². The van der Waals surface area contributed by atoms with Crippen molar-refractivity contribution in [1.82, 2.24) is 10.3 Å². The van der Waals surface area contributed by atoms with Crippen LogP contribution >= 0.6 is 0 Å². The second-order valence-corrected chi connectivity index (χ2v) is 9.04. The van der Waals surface area contributed by atoms with Gasteiger partial charge in [0, 0.05) is 12.1 Å². The van der Waals surface area contributed by atoms with E-state index in [-0.39, 0.29) is 35.9 Å². The molecule has 2 N–H and O–H groups in total. The van der Waals surface area contributed by atoms with Crippen LogP contribution in [0.1, 0.15) is 49.0 Å². The number of hydrazone groups is 1. The van der Waals surface area contributed by atoms with Gasteiger partial charge < -0.3 is 19.5 Å². The first kappa shape index (κ1) is 25.0. The van der Waals surface area contributed by atoms with Crippen LogP contribution in [0.25, 0.3) is 10.8 Å². The minimum absolute atomic E-state index is 0.0398. The number of phenolic OH excluding ortho intramolecular Hbond substituents is 1. The van der Waals surface area contributed by atoms with Gasteiger partial charge in [-0.25, -0.2) is 5.43 Å². The maximum Gasteiger partial charge on any atom is 0.275 e. The highest BCUT2D eigenvalue weighted by molar-refractivity contribution is 6.01. The Morgan fingerprint density at radius 2 is 1.75 bits per heavy atom. The average molecular weight is 490 g/mol. The zero-order valence-electron chi connectivity index (χ0n) is 20.7. The van der Waals surface area contributed by atoms with Gasteiger partial charge in [0.25, 0.3) is 11.8 Å². The first-order valence-corrected chi connectivity index (χ1v) is 12.0. The summed E-state index contributed by atoms with van der Waals surface area (Å²) in [5, 5.41) is 15.9. The number of carbonyl (C=O) groups is 2. The molecule has 0 aromatic heterocycles. The standard InChI is InChI=1S/C28H31N3O5/c1-18-7-6-8-19(2)31(18)27(33)17-36-25-12-11-20(13-26(25)35-3)16-29-30-28(34)23-14-21-9-4-5-10-22(21)15-24(23)32/h4-5,9-16,18-19,32H,6-8,17H2,1-3H3,(H,30,34)/b29-16-/t18-,19-/m0/s1. The van der Waals surface area contributed by atoms with Crippen molar-refractivity contribution in [2.45, 2.75) is 45.2 Å². The molecule has 1 fully saturated rings. The van der Waals surface area contributed by atoms with E-state index in [2.05, 4.69) is 24.4 Å². The summed E-state index contributed by atoms with van der Waals surface area (Å²) < 4.78 is 11.2. The number of phenols is 1. The second kappa shape index (κ2) is 11.1. The number of methoxy groups -OCH3 is 1. The van der Waals surface area contributed by atoms with Crippen LogP contribution in [0.3, 0.4) is 0 Å². The van der Waals surface area contributed by atoms with Crippen molar-refractivity contribution in [2.75, 3.05) is 13.7 Å². The summed E-state index contributed by atoms with van der Waals surface area (Å²) in [7, 11) is 1.52. The monoisotopic (exact) mass is 489 g/mol. The lowest BCUT2D eigenvalue weighted by atomic mass is 9.97. The van der Waals surface area contributed by atoms with Gasteiger partial charge in [-0.1, -0.05) is 24.3 Å². The number of carbonyl (C=O) groups excluding carboxylic acids is 2. The Morgan fingerprint density at radius 1 is 1.06 bits per heavy atom. The summed E-state index contributed by atoms with van der Waals surface area (Å²) in [4.78, 5) is 27.2. The van der Waals surface area contributed by atoms with Crippen LogP contribution in [0, 0.1) is 0 Å². The first-order chi connectivity index (χ1) is 17.4. The van der Waals surface area contributed by atoms with E-state index in [1.165, 1.54) is 13.3 Å². The third kappa shape index (κ3) is 5.59. The molecular formula is C28H31N3O5. The van der Waals surface area contributed by atoms with Gasteiger partial charge in [0.05, 0.1) is 18.9 Å². The number of nitrogens with zero attached hydrogens (tertiary/aromatic N) is 2. The molecular weight excluding hydrogens is 458 g/mol. The summed E-state index contributed by atoms with van der Waals surface area (Å²) in [6.45, 7) is 4.08. The molecule has 188 valence electrons. The molecule has 3 aromatic rings. The number of likely N-dealkylation sites (tertiary alicyclic amines) is 1. The molecule has 0 radical (unpaired) electrons. The molecule has 2 amide bonds. The summed E-state index contributed by atoms with van der Waals surface area (Å²) >= 11 is 0. The molecule has 0 spiro atoms. The van der Waals surface area contributed by atoms with Gasteiger partial charge in [0.15, 0.2) is 18.1 Å². The van der Waals surface area contributed by atoms with Crippen LogP contribution in [0.4, 0.5) is 0 Å². The van der Waals surface area contributed by atoms with Crippen molar-refractivity contribution >= 4 is 28.8 Å². The number of aromatic hydroxyl groups is 1. The molecule has 0 saturated carbocycles. The minimum atomic E-state index is -0.527. The van der Waals surface area contributed by atoms with Gasteiger partial charge in [-0.15, -0.1) is 0 Å². The van der Waals surface area contributed by atoms with Crippen molar-refractivity contribution in [3.05, 3.63) is 65.7 Å². The summed E-state index contributed by atoms with van der Waals surface area (Å²) in [5.41, 5.74) is 3.23. The van der Waals surface area contributed by atoms with Crippen molar-refractivity contribution < 1.29 is 24.2 Å². The van der Waals surface area contributed by atoms with E-state index in [4.69, 9.17) is 9.47 Å². The van der Waals surface area contributed by atoms with E-state index in [1.807, 2.05) is 29.2 Å². The van der Waals surface area contributed by atoms with E-state index in [9.17, 15) is 14.7 Å². The maximum atomic E-state index is 12.8. The van der Waals surface area contributed by atoms with Gasteiger partial charge in [-0.05, 0) is 79.8 Å². The molecule has 3 aromatic carbocycles. The molecule has 0 aliphatic carbocycles. The molecule has 1 saturated heterocycles. The molecule has 0 bridgehead atoms. The number of benzene rings is 3. The summed E-state index contributed by atoms with van der Waals surface area (Å²) in [6, 6.07) is 16.2. The quantitative estimate of drug-likeness (QED) is 0.376. The zero-order valence-corrected chi connectivity index (χ0v) is 20.7. The number of nitrogens with one attached hydrogen (secondary N) is 1. The largest absolute Gasteiger partial charge is 0.507 e. The molecule has 8 nitrogen and oxygen atoms in total. The van der Waals surface area contributed by atoms with Crippen LogP contribution in [-0.2, 0) is 4.79 Å². The predicted molar refractivity (Wildman–Crippen MR) is 139 cm³/mol. The lowest BCUT2D eigenvalue weighted by Gasteiger charge is -2.39. The van der Waals surface area contributed by atoms with Crippen molar-refractivity contribution in [1.29, 1.82) is 0 Å². The Kier molecular flexibility index (Phi) is 7.73. The lowest BCUT2D eigenvalue weighted by Crippen LogP contribution is -2.49. The molecule has 1 aliphatic rings. The Hall–Kier alpha value is -4.07. The van der Waals surface area contributed by atoms with Gasteiger partial charge in [0.1, 0.15) is 5.75 Å². The van der Waals surface area contributed by atoms with Crippen LogP contribution < -0.4 is 14.9 Å². The fourth-order valence-corrected chi connectivity index (χ4v) is 4.65. The highest BCUT2D eigenvalue weighted by Crippen LogP contribution is 2.29. The Labute approximate surface area is 210 Å². The average Bonchev–Trinajstić information content (AvgIpc) is 2.87. The molecule has 1 aliphatic heterocycles. The molecule has 8 heteroatoms. The fraction of sp³-hybridized carbons (Fsp3) is 0.321. The predicted octanol–water partition coefficient (Wildman–Crippen LogP) is 4.49. The highest BCUT2D eigenvalue weighted by Gasteiger charge is 2.29. The SMILES string of the molecule is COc1cc(/C=N\NC(=O)c2cc3ccccc3cc2O)ccc1OCC(=O)N1[C@@H](C)CCC[C@@H]1C. The number of hydrogen-bond acceptors (Lipinski definition) is 6. The third-order valence-corrected chi connectivity index (χ3v) is 6.51. The normalized spacial score (nSPS) is 17.8. The van der Waals surface area contributed by atoms with Crippen LogP contribution in [-0.4, -0.2) is 53.8 Å².